The van der Waals surface area contributed by atoms with E-state index in [2.05, 4.69) is 15.4 Å². The predicted molar refractivity (Wildman–Crippen MR) is 101 cm³/mol. The van der Waals surface area contributed by atoms with Gasteiger partial charge in [-0.25, -0.2) is 4.98 Å². The molecule has 1 N–H and O–H groups in total. The zero-order valence-corrected chi connectivity index (χ0v) is 16.4. The van der Waals surface area contributed by atoms with Gasteiger partial charge in [-0.2, -0.15) is 5.10 Å². The number of rotatable bonds is 4. The minimum atomic E-state index is 0. The van der Waals surface area contributed by atoms with Crippen LogP contribution in [0.1, 0.15) is 21.8 Å². The van der Waals surface area contributed by atoms with Crippen molar-refractivity contribution in [2.75, 3.05) is 26.7 Å². The average Bonchev–Trinajstić information content (AvgIpc) is 3.19. The molecule has 9 heteroatoms. The molecule has 1 fully saturated rings. The molecule has 0 radical (unpaired) electrons. The van der Waals surface area contributed by atoms with E-state index in [0.717, 1.165) is 47.2 Å². The van der Waals surface area contributed by atoms with E-state index in [9.17, 15) is 4.79 Å². The summed E-state index contributed by atoms with van der Waals surface area (Å²) in [5.41, 5.74) is 1.77. The highest BCUT2D eigenvalue weighted by molar-refractivity contribution is 7.17. The van der Waals surface area contributed by atoms with Crippen LogP contribution in [0.3, 0.4) is 0 Å². The Labute approximate surface area is 158 Å². The van der Waals surface area contributed by atoms with E-state index >= 15 is 0 Å². The normalized spacial score (nSPS) is 16.6. The molecule has 0 spiro atoms. The maximum Gasteiger partial charge on any atom is 0.265 e. The van der Waals surface area contributed by atoms with Crippen LogP contribution in [-0.2, 0) is 7.05 Å². The Hall–Kier alpha value is -1.15. The van der Waals surface area contributed by atoms with Crippen molar-refractivity contribution < 1.29 is 4.79 Å². The van der Waals surface area contributed by atoms with Gasteiger partial charge in [0.2, 0.25) is 0 Å². The molecule has 0 bridgehead atoms. The van der Waals surface area contributed by atoms with Crippen molar-refractivity contribution in [3.05, 3.63) is 23.0 Å². The fourth-order valence-electron chi connectivity index (χ4n) is 2.87. The number of hydrogen-bond acceptors (Lipinski definition) is 5. The first kappa shape index (κ1) is 20.9. The zero-order chi connectivity index (χ0) is 15.7. The summed E-state index contributed by atoms with van der Waals surface area (Å²) in [4.78, 5) is 20.0. The highest BCUT2D eigenvalue weighted by atomic mass is 35.5. The van der Waals surface area contributed by atoms with Crippen molar-refractivity contribution in [1.29, 1.82) is 0 Å². The number of halogens is 2. The first-order valence-corrected chi connectivity index (χ1v) is 8.30. The molecule has 1 aliphatic heterocycles. The fourth-order valence-corrected chi connectivity index (χ4v) is 3.87. The minimum Gasteiger partial charge on any atom is -0.338 e. The lowest BCUT2D eigenvalue weighted by atomic mass is 10.1. The van der Waals surface area contributed by atoms with Crippen molar-refractivity contribution in [3.63, 3.8) is 0 Å². The Kier molecular flexibility index (Phi) is 7.66. The number of likely N-dealkylation sites (tertiary alicyclic amines) is 1. The van der Waals surface area contributed by atoms with Gasteiger partial charge in [0.25, 0.3) is 5.91 Å². The van der Waals surface area contributed by atoms with Crippen LogP contribution < -0.4 is 5.32 Å². The summed E-state index contributed by atoms with van der Waals surface area (Å²) in [6.45, 7) is 4.54. The third-order valence-corrected chi connectivity index (χ3v) is 5.20. The lowest BCUT2D eigenvalue weighted by Gasteiger charge is -2.15. The first-order chi connectivity index (χ1) is 10.6. The molecule has 0 saturated carbocycles. The van der Waals surface area contributed by atoms with Crippen LogP contribution in [0.15, 0.2) is 12.4 Å². The third kappa shape index (κ3) is 4.27. The van der Waals surface area contributed by atoms with Gasteiger partial charge in [-0.15, -0.1) is 36.2 Å². The molecule has 3 heterocycles. The lowest BCUT2D eigenvalue weighted by molar-refractivity contribution is 0.0791. The minimum absolute atomic E-state index is 0. The van der Waals surface area contributed by atoms with E-state index in [4.69, 9.17) is 0 Å². The van der Waals surface area contributed by atoms with E-state index in [1.54, 1.807) is 10.9 Å². The topological polar surface area (TPSA) is 63.1 Å². The number of carbonyl (C=O) groups is 1. The van der Waals surface area contributed by atoms with Crippen LogP contribution in [0, 0.1) is 12.8 Å². The van der Waals surface area contributed by atoms with Gasteiger partial charge in [0.05, 0.1) is 11.9 Å². The van der Waals surface area contributed by atoms with E-state index in [1.165, 1.54) is 11.3 Å². The molecule has 1 aliphatic rings. The molecule has 134 valence electrons. The van der Waals surface area contributed by atoms with Crippen molar-refractivity contribution in [2.24, 2.45) is 13.0 Å². The van der Waals surface area contributed by atoms with E-state index in [0.29, 0.717) is 5.92 Å². The summed E-state index contributed by atoms with van der Waals surface area (Å²) in [6, 6.07) is 0. The highest BCUT2D eigenvalue weighted by Crippen LogP contribution is 2.29. The molecule has 1 atom stereocenters. The van der Waals surface area contributed by atoms with Gasteiger partial charge < -0.3 is 10.2 Å². The summed E-state index contributed by atoms with van der Waals surface area (Å²) in [7, 11) is 3.83. The van der Waals surface area contributed by atoms with Crippen LogP contribution in [0.2, 0.25) is 0 Å². The van der Waals surface area contributed by atoms with Gasteiger partial charge in [0, 0.05) is 31.9 Å². The van der Waals surface area contributed by atoms with Crippen molar-refractivity contribution >= 4 is 42.1 Å². The molecule has 6 nitrogen and oxygen atoms in total. The number of thiazole rings is 1. The molecule has 1 saturated heterocycles. The molecule has 2 aromatic heterocycles. The van der Waals surface area contributed by atoms with Gasteiger partial charge in [0.15, 0.2) is 0 Å². The molecule has 2 aromatic rings. The molecule has 0 aromatic carbocycles. The van der Waals surface area contributed by atoms with Crippen LogP contribution in [0.4, 0.5) is 0 Å². The van der Waals surface area contributed by atoms with E-state index < -0.39 is 0 Å². The van der Waals surface area contributed by atoms with Crippen LogP contribution >= 0.6 is 36.2 Å². The van der Waals surface area contributed by atoms with E-state index in [1.807, 2.05) is 32.1 Å². The van der Waals surface area contributed by atoms with Crippen LogP contribution in [0.25, 0.3) is 10.6 Å². The summed E-state index contributed by atoms with van der Waals surface area (Å²) in [5.74, 6) is 0.670. The van der Waals surface area contributed by atoms with E-state index in [-0.39, 0.29) is 30.7 Å². The van der Waals surface area contributed by atoms with Gasteiger partial charge in [-0.1, -0.05) is 0 Å². The van der Waals surface area contributed by atoms with Crippen molar-refractivity contribution in [2.45, 2.75) is 13.3 Å². The standard InChI is InChI=1S/C15H21N5OS.2ClH/c1-10-13(15(21)20-5-4-11(8-20)6-16-2)22-14(18-10)12-7-17-19(3)9-12;;/h7,9,11,16H,4-6,8H2,1-3H3;2*1H. The quantitative estimate of drug-likeness (QED) is 0.868. The number of aromatic nitrogens is 3. The van der Waals surface area contributed by atoms with Crippen LogP contribution in [0.5, 0.6) is 0 Å². The van der Waals surface area contributed by atoms with Gasteiger partial charge in [0.1, 0.15) is 9.88 Å². The monoisotopic (exact) mass is 391 g/mol. The lowest BCUT2D eigenvalue weighted by Crippen LogP contribution is -2.30. The van der Waals surface area contributed by atoms with Gasteiger partial charge in [-0.3, -0.25) is 9.48 Å². The maximum absolute atomic E-state index is 12.7. The highest BCUT2D eigenvalue weighted by Gasteiger charge is 2.29. The van der Waals surface area contributed by atoms with Crippen molar-refractivity contribution in [3.8, 4) is 10.6 Å². The number of nitrogens with one attached hydrogen (secondary N) is 1. The second-order valence-corrected chi connectivity index (χ2v) is 6.80. The first-order valence-electron chi connectivity index (χ1n) is 7.48. The molecule has 24 heavy (non-hydrogen) atoms. The summed E-state index contributed by atoms with van der Waals surface area (Å²) < 4.78 is 1.75. The Morgan fingerprint density at radius 2 is 2.21 bits per heavy atom. The number of aryl methyl sites for hydroxylation is 2. The molecule has 1 unspecified atom stereocenters. The zero-order valence-electron chi connectivity index (χ0n) is 14.0. The number of hydrogen-bond donors (Lipinski definition) is 1. The maximum atomic E-state index is 12.7. The van der Waals surface area contributed by atoms with Gasteiger partial charge >= 0.3 is 0 Å². The SMILES string of the molecule is CNCC1CCN(C(=O)c2sc(-c3cnn(C)c3)nc2C)C1.Cl.Cl. The molecule has 0 aliphatic carbocycles. The second-order valence-electron chi connectivity index (χ2n) is 5.80. The molecule has 3 rings (SSSR count). The number of nitrogens with zero attached hydrogens (tertiary/aromatic N) is 4. The Morgan fingerprint density at radius 1 is 1.46 bits per heavy atom. The Morgan fingerprint density at radius 3 is 2.83 bits per heavy atom. The predicted octanol–water partition coefficient (Wildman–Crippen LogP) is 2.38. The van der Waals surface area contributed by atoms with Gasteiger partial charge in [-0.05, 0) is 32.9 Å². The smallest absolute Gasteiger partial charge is 0.265 e. The fraction of sp³-hybridized carbons (Fsp3) is 0.533. The molecular formula is C15H23Cl2N5OS. The summed E-state index contributed by atoms with van der Waals surface area (Å²) >= 11 is 1.46. The van der Waals surface area contributed by atoms with Crippen LogP contribution in [-0.4, -0.2) is 52.3 Å². The number of amides is 1. The largest absolute Gasteiger partial charge is 0.338 e. The average molecular weight is 392 g/mol. The third-order valence-electron chi connectivity index (χ3n) is 4.01. The Bertz CT molecular complexity index is 687. The summed E-state index contributed by atoms with van der Waals surface area (Å²) in [6.07, 6.45) is 4.77. The summed E-state index contributed by atoms with van der Waals surface area (Å²) in [5, 5.41) is 8.22. The van der Waals surface area contributed by atoms with Crippen molar-refractivity contribution in [1.82, 2.24) is 25.0 Å². The number of carbonyl (C=O) groups excluding carboxylic acids is 1. The second kappa shape index (κ2) is 8.80. The molecular weight excluding hydrogens is 369 g/mol. The molecule has 1 amide bonds. The Balaban J connectivity index is 0.00000144.